The van der Waals surface area contributed by atoms with Crippen LogP contribution in [-0.2, 0) is 4.74 Å². The van der Waals surface area contributed by atoms with Gasteiger partial charge in [0.1, 0.15) is 0 Å². The fourth-order valence-corrected chi connectivity index (χ4v) is 1.99. The van der Waals surface area contributed by atoms with Gasteiger partial charge in [0, 0.05) is 8.59 Å². The molecule has 0 fully saturated rings. The molecular weight excluding hydrogens is 340 g/mol. The van der Waals surface area contributed by atoms with Crippen LogP contribution in [0.4, 0.5) is 10.5 Å². The van der Waals surface area contributed by atoms with Crippen molar-refractivity contribution in [2.24, 2.45) is 5.92 Å². The van der Waals surface area contributed by atoms with Crippen LogP contribution in [-0.4, -0.2) is 12.7 Å². The molecule has 1 amide bonds. The number of amides is 1. The average Bonchev–Trinajstić information content (AvgIpc) is 2.19. The molecule has 0 bridgehead atoms. The van der Waals surface area contributed by atoms with Gasteiger partial charge in [-0.05, 0) is 46.7 Å². The van der Waals surface area contributed by atoms with Crippen LogP contribution in [0.5, 0.6) is 0 Å². The zero-order valence-electron chi connectivity index (χ0n) is 9.09. The highest BCUT2D eigenvalue weighted by Crippen LogP contribution is 2.22. The van der Waals surface area contributed by atoms with Crippen LogP contribution in [0.25, 0.3) is 0 Å². The van der Waals surface area contributed by atoms with Gasteiger partial charge in [-0.1, -0.05) is 25.4 Å². The first-order chi connectivity index (χ1) is 7.49. The van der Waals surface area contributed by atoms with Gasteiger partial charge in [0.25, 0.3) is 0 Å². The number of rotatable bonds is 3. The molecule has 0 aliphatic rings. The third kappa shape index (κ3) is 4.57. The highest BCUT2D eigenvalue weighted by Gasteiger charge is 2.07. The molecule has 0 aromatic heterocycles. The van der Waals surface area contributed by atoms with Gasteiger partial charge >= 0.3 is 6.09 Å². The molecule has 0 aliphatic heterocycles. The molecule has 16 heavy (non-hydrogen) atoms. The smallest absolute Gasteiger partial charge is 0.411 e. The Balaban J connectivity index is 2.56. The minimum absolute atomic E-state index is 0.329. The summed E-state index contributed by atoms with van der Waals surface area (Å²) in [7, 11) is 0. The van der Waals surface area contributed by atoms with Gasteiger partial charge in [-0.2, -0.15) is 0 Å². The molecule has 1 aromatic carbocycles. The Morgan fingerprint density at radius 1 is 1.56 bits per heavy atom. The van der Waals surface area contributed by atoms with Crippen LogP contribution in [0.2, 0.25) is 5.02 Å². The van der Waals surface area contributed by atoms with Crippen LogP contribution in [0.15, 0.2) is 18.2 Å². The molecule has 0 atom stereocenters. The van der Waals surface area contributed by atoms with Crippen LogP contribution in [0.3, 0.4) is 0 Å². The number of nitrogens with one attached hydrogen (secondary N) is 1. The quantitative estimate of drug-likeness (QED) is 0.829. The molecule has 0 saturated heterocycles. The predicted molar refractivity (Wildman–Crippen MR) is 74.0 cm³/mol. The lowest BCUT2D eigenvalue weighted by Gasteiger charge is -2.10. The highest BCUT2D eigenvalue weighted by molar-refractivity contribution is 14.1. The maximum atomic E-state index is 11.4. The minimum Gasteiger partial charge on any atom is -0.449 e. The second kappa shape index (κ2) is 6.30. The van der Waals surface area contributed by atoms with Crippen LogP contribution < -0.4 is 5.32 Å². The van der Waals surface area contributed by atoms with Crippen molar-refractivity contribution >= 4 is 46.0 Å². The lowest BCUT2D eigenvalue weighted by atomic mass is 10.2. The van der Waals surface area contributed by atoms with E-state index in [1.165, 1.54) is 0 Å². The van der Waals surface area contributed by atoms with Crippen LogP contribution in [0, 0.1) is 9.49 Å². The third-order valence-corrected chi connectivity index (χ3v) is 2.84. The monoisotopic (exact) mass is 353 g/mol. The number of ether oxygens (including phenoxy) is 1. The van der Waals surface area contributed by atoms with E-state index in [9.17, 15) is 4.79 Å². The fraction of sp³-hybridized carbons (Fsp3) is 0.364. The molecular formula is C11H13ClINO2. The predicted octanol–water partition coefficient (Wildman–Crippen LogP) is 4.15. The highest BCUT2D eigenvalue weighted by atomic mass is 127. The van der Waals surface area contributed by atoms with Crippen molar-refractivity contribution in [2.45, 2.75) is 13.8 Å². The number of hydrogen-bond acceptors (Lipinski definition) is 2. The molecule has 0 aliphatic carbocycles. The van der Waals surface area contributed by atoms with E-state index < -0.39 is 6.09 Å². The zero-order valence-corrected chi connectivity index (χ0v) is 12.0. The summed E-state index contributed by atoms with van der Waals surface area (Å²) in [5, 5.41) is 3.31. The number of halogens is 2. The molecule has 0 saturated carbocycles. The van der Waals surface area contributed by atoms with Gasteiger partial charge < -0.3 is 4.74 Å². The van der Waals surface area contributed by atoms with Crippen molar-refractivity contribution in [3.05, 3.63) is 26.8 Å². The summed E-state index contributed by atoms with van der Waals surface area (Å²) in [4.78, 5) is 11.4. The van der Waals surface area contributed by atoms with Gasteiger partial charge in [0.05, 0.1) is 12.3 Å². The number of hydrogen-bond donors (Lipinski definition) is 1. The molecule has 0 heterocycles. The summed E-state index contributed by atoms with van der Waals surface area (Å²) in [6, 6.07) is 5.25. The van der Waals surface area contributed by atoms with E-state index in [0.717, 1.165) is 3.57 Å². The summed E-state index contributed by atoms with van der Waals surface area (Å²) in [5.74, 6) is 0.329. The van der Waals surface area contributed by atoms with E-state index in [4.69, 9.17) is 16.3 Å². The van der Waals surface area contributed by atoms with Gasteiger partial charge in [0.2, 0.25) is 0 Å². The van der Waals surface area contributed by atoms with Gasteiger partial charge in [-0.3, -0.25) is 5.32 Å². The number of anilines is 1. The lowest BCUT2D eigenvalue weighted by molar-refractivity contribution is 0.147. The normalized spacial score (nSPS) is 10.3. The molecule has 1 rings (SSSR count). The van der Waals surface area contributed by atoms with E-state index in [1.807, 2.05) is 13.8 Å². The summed E-state index contributed by atoms with van der Waals surface area (Å²) in [6.45, 7) is 4.38. The Morgan fingerprint density at radius 2 is 2.25 bits per heavy atom. The zero-order chi connectivity index (χ0) is 12.1. The summed E-state index contributed by atoms with van der Waals surface area (Å²) in [5.41, 5.74) is 0.707. The van der Waals surface area contributed by atoms with E-state index in [0.29, 0.717) is 23.2 Å². The van der Waals surface area contributed by atoms with Crippen molar-refractivity contribution in [2.75, 3.05) is 11.9 Å². The molecule has 0 spiro atoms. The number of carbonyl (C=O) groups is 1. The third-order valence-electron chi connectivity index (χ3n) is 1.72. The Labute approximate surface area is 114 Å². The molecule has 88 valence electrons. The van der Waals surface area contributed by atoms with Crippen molar-refractivity contribution in [1.29, 1.82) is 0 Å². The van der Waals surface area contributed by atoms with Crippen molar-refractivity contribution in [3.63, 3.8) is 0 Å². The lowest BCUT2D eigenvalue weighted by Crippen LogP contribution is -2.17. The van der Waals surface area contributed by atoms with Gasteiger partial charge in [-0.25, -0.2) is 4.79 Å². The first-order valence-corrected chi connectivity index (χ1v) is 6.33. The molecule has 1 aromatic rings. The number of benzene rings is 1. The molecule has 0 unspecified atom stereocenters. The van der Waals surface area contributed by atoms with Crippen molar-refractivity contribution in [3.8, 4) is 0 Å². The Kier molecular flexibility index (Phi) is 5.34. The van der Waals surface area contributed by atoms with E-state index >= 15 is 0 Å². The topological polar surface area (TPSA) is 38.3 Å². The molecule has 3 nitrogen and oxygen atoms in total. The summed E-state index contributed by atoms with van der Waals surface area (Å²) < 4.78 is 5.89. The van der Waals surface area contributed by atoms with E-state index in [-0.39, 0.29) is 0 Å². The first-order valence-electron chi connectivity index (χ1n) is 4.88. The molecule has 0 radical (unpaired) electrons. The second-order valence-electron chi connectivity index (χ2n) is 3.74. The first kappa shape index (κ1) is 13.6. The second-order valence-corrected chi connectivity index (χ2v) is 5.34. The minimum atomic E-state index is -0.436. The van der Waals surface area contributed by atoms with Crippen LogP contribution in [0.1, 0.15) is 13.8 Å². The fourth-order valence-electron chi connectivity index (χ4n) is 0.979. The number of carbonyl (C=O) groups excluding carboxylic acids is 1. The Bertz CT molecular complexity index is 382. The molecule has 1 N–H and O–H groups in total. The van der Waals surface area contributed by atoms with E-state index in [2.05, 4.69) is 27.9 Å². The Morgan fingerprint density at radius 3 is 2.81 bits per heavy atom. The summed E-state index contributed by atoms with van der Waals surface area (Å²) >= 11 is 7.91. The van der Waals surface area contributed by atoms with Crippen LogP contribution >= 0.6 is 34.2 Å². The van der Waals surface area contributed by atoms with Gasteiger partial charge in [0.15, 0.2) is 0 Å². The standard InChI is InChI=1S/C11H13ClINO2/c1-7(2)6-16-11(15)14-10-4-3-8(12)5-9(10)13/h3-5,7H,6H2,1-2H3,(H,14,15). The van der Waals surface area contributed by atoms with Gasteiger partial charge in [-0.15, -0.1) is 0 Å². The molecule has 5 heteroatoms. The maximum Gasteiger partial charge on any atom is 0.411 e. The summed E-state index contributed by atoms with van der Waals surface area (Å²) in [6.07, 6.45) is -0.436. The average molecular weight is 354 g/mol. The SMILES string of the molecule is CC(C)COC(=O)Nc1ccc(Cl)cc1I. The van der Waals surface area contributed by atoms with Crippen molar-refractivity contribution < 1.29 is 9.53 Å². The maximum absolute atomic E-state index is 11.4. The van der Waals surface area contributed by atoms with E-state index in [1.54, 1.807) is 18.2 Å². The Hall–Kier alpha value is -0.490. The largest absolute Gasteiger partial charge is 0.449 e. The van der Waals surface area contributed by atoms with Crippen molar-refractivity contribution in [1.82, 2.24) is 0 Å².